The quantitative estimate of drug-likeness (QED) is 0.0952. The van der Waals surface area contributed by atoms with Gasteiger partial charge in [-0.2, -0.15) is 13.2 Å². The molecular weight excluding hydrogens is 712 g/mol. The van der Waals surface area contributed by atoms with Crippen molar-refractivity contribution >= 4 is 0 Å². The van der Waals surface area contributed by atoms with Crippen molar-refractivity contribution in [2.75, 3.05) is 0 Å². The van der Waals surface area contributed by atoms with Gasteiger partial charge in [0.1, 0.15) is 0 Å². The third-order valence-corrected chi connectivity index (χ3v) is 13.7. The summed E-state index contributed by atoms with van der Waals surface area (Å²) in [4.78, 5) is 11.2. The Morgan fingerprint density at radius 3 is 0.947 bits per heavy atom. The third kappa shape index (κ3) is 19.7. The molecule has 6 rings (SSSR count). The molecule has 3 aromatic heterocycles. The SMILES string of the molecule is CCCC1CCC(CCc2ccc(F)nc2)CC1.CCCCC1CCC(CCc2ccc(F)nc2)CC1.CCCCCC1CCC(CCc2ccc(F)nc2)CC1. The standard InChI is InChI=1S/C18H28FN.C17H26FN.C16H24FN/c1-2-3-4-5-15-6-8-16(9-7-15)10-11-17-12-13-18(19)20-14-17;1-2-3-4-14-5-7-15(8-6-14)9-10-16-11-12-17(18)19-13-16;1-2-3-13-4-6-14(7-5-13)8-9-15-10-11-16(17)18-12-15/h12-16H,2-11H2,1H3;11-15H,2-10H2,1H3;10-14H,2-9H2,1H3. The molecule has 318 valence electrons. The van der Waals surface area contributed by atoms with Crippen LogP contribution in [0.4, 0.5) is 13.2 Å². The van der Waals surface area contributed by atoms with Crippen LogP contribution in [0.5, 0.6) is 0 Å². The molecule has 6 heteroatoms. The van der Waals surface area contributed by atoms with Crippen molar-refractivity contribution in [3.8, 4) is 0 Å². The van der Waals surface area contributed by atoms with Gasteiger partial charge in [-0.15, -0.1) is 0 Å². The fourth-order valence-corrected chi connectivity index (χ4v) is 9.79. The maximum Gasteiger partial charge on any atom is 0.212 e. The van der Waals surface area contributed by atoms with Crippen molar-refractivity contribution in [2.24, 2.45) is 35.5 Å². The summed E-state index contributed by atoms with van der Waals surface area (Å²) in [5.74, 6) is 4.47. The van der Waals surface area contributed by atoms with Crippen LogP contribution >= 0.6 is 0 Å². The Hall–Kier alpha value is -2.76. The Balaban J connectivity index is 0.000000190. The van der Waals surface area contributed by atoms with Gasteiger partial charge in [0, 0.05) is 18.6 Å². The largest absolute Gasteiger partial charge is 0.228 e. The zero-order valence-electron chi connectivity index (χ0n) is 36.2. The summed E-state index contributed by atoms with van der Waals surface area (Å²) in [5.41, 5.74) is 3.53. The molecule has 0 radical (unpaired) electrons. The number of aromatic nitrogens is 3. The molecule has 57 heavy (non-hydrogen) atoms. The summed E-state index contributed by atoms with van der Waals surface area (Å²) in [6.45, 7) is 6.84. The van der Waals surface area contributed by atoms with Gasteiger partial charge in [-0.1, -0.05) is 174 Å². The lowest BCUT2D eigenvalue weighted by atomic mass is 9.78. The number of rotatable bonds is 18. The van der Waals surface area contributed by atoms with Gasteiger partial charge in [0.15, 0.2) is 0 Å². The van der Waals surface area contributed by atoms with Crippen LogP contribution in [0.2, 0.25) is 0 Å². The Kier molecular flexibility index (Phi) is 22.9. The highest BCUT2D eigenvalue weighted by atomic mass is 19.1. The van der Waals surface area contributed by atoms with Crippen molar-refractivity contribution in [3.63, 3.8) is 0 Å². The van der Waals surface area contributed by atoms with Gasteiger partial charge in [0.05, 0.1) is 0 Å². The molecule has 3 aromatic rings. The lowest BCUT2D eigenvalue weighted by Gasteiger charge is -2.28. The molecule has 0 aliphatic heterocycles. The van der Waals surface area contributed by atoms with Crippen LogP contribution < -0.4 is 0 Å². The first-order valence-corrected chi connectivity index (χ1v) is 23.6. The summed E-state index contributed by atoms with van der Waals surface area (Å²) in [6.07, 6.45) is 41.3. The van der Waals surface area contributed by atoms with E-state index in [1.165, 1.54) is 189 Å². The van der Waals surface area contributed by atoms with Gasteiger partial charge in [0.25, 0.3) is 0 Å². The minimum atomic E-state index is -0.376. The van der Waals surface area contributed by atoms with E-state index in [4.69, 9.17) is 0 Å². The minimum absolute atomic E-state index is 0.374. The monoisotopic (exact) mass is 790 g/mol. The molecule has 0 atom stereocenters. The molecule has 3 nitrogen and oxygen atoms in total. The van der Waals surface area contributed by atoms with Gasteiger partial charge in [0.2, 0.25) is 17.8 Å². The van der Waals surface area contributed by atoms with E-state index in [-0.39, 0.29) is 17.8 Å². The van der Waals surface area contributed by atoms with Crippen molar-refractivity contribution in [3.05, 3.63) is 89.5 Å². The van der Waals surface area contributed by atoms with E-state index < -0.39 is 0 Å². The summed E-state index contributed by atoms with van der Waals surface area (Å²) in [5, 5.41) is 0. The number of hydrogen-bond donors (Lipinski definition) is 0. The fourth-order valence-electron chi connectivity index (χ4n) is 9.79. The molecule has 0 N–H and O–H groups in total. The lowest BCUT2D eigenvalue weighted by Crippen LogP contribution is -2.15. The topological polar surface area (TPSA) is 38.7 Å². The molecule has 0 saturated heterocycles. The summed E-state index contributed by atoms with van der Waals surface area (Å²) >= 11 is 0. The van der Waals surface area contributed by atoms with Crippen LogP contribution in [0.3, 0.4) is 0 Å². The highest BCUT2D eigenvalue weighted by Crippen LogP contribution is 2.36. The highest BCUT2D eigenvalue weighted by molar-refractivity contribution is 5.11. The Bertz CT molecular complexity index is 1410. The fraction of sp³-hybridized carbons (Fsp3) is 0.706. The predicted octanol–water partition coefficient (Wildman–Crippen LogP) is 15.4. The number of pyridine rings is 3. The predicted molar refractivity (Wildman–Crippen MR) is 232 cm³/mol. The molecule has 3 heterocycles. The van der Waals surface area contributed by atoms with Crippen LogP contribution in [0, 0.1) is 53.4 Å². The second-order valence-electron chi connectivity index (χ2n) is 18.2. The van der Waals surface area contributed by atoms with E-state index in [0.717, 1.165) is 54.8 Å². The van der Waals surface area contributed by atoms with E-state index >= 15 is 0 Å². The average Bonchev–Trinajstić information content (AvgIpc) is 3.24. The van der Waals surface area contributed by atoms with E-state index in [9.17, 15) is 13.2 Å². The first-order chi connectivity index (χ1) is 27.8. The molecule has 0 bridgehead atoms. The van der Waals surface area contributed by atoms with Crippen LogP contribution in [0.15, 0.2) is 55.0 Å². The number of nitrogens with zero attached hydrogens (tertiary/aromatic N) is 3. The van der Waals surface area contributed by atoms with Crippen LogP contribution in [-0.4, -0.2) is 15.0 Å². The molecule has 3 aliphatic carbocycles. The van der Waals surface area contributed by atoms with Crippen LogP contribution in [0.25, 0.3) is 0 Å². The van der Waals surface area contributed by atoms with Gasteiger partial charge < -0.3 is 0 Å². The third-order valence-electron chi connectivity index (χ3n) is 13.7. The average molecular weight is 790 g/mol. The first-order valence-electron chi connectivity index (χ1n) is 23.6. The van der Waals surface area contributed by atoms with Gasteiger partial charge in [-0.25, -0.2) is 15.0 Å². The lowest BCUT2D eigenvalue weighted by molar-refractivity contribution is 0.249. The van der Waals surface area contributed by atoms with Crippen molar-refractivity contribution in [1.29, 1.82) is 0 Å². The van der Waals surface area contributed by atoms with E-state index in [0.29, 0.717) is 0 Å². The number of halogens is 3. The molecular formula is C51H78F3N3. The Labute approximate surface area is 346 Å². The normalized spacial score (nSPS) is 23.5. The number of unbranched alkanes of at least 4 members (excludes halogenated alkanes) is 3. The van der Waals surface area contributed by atoms with Crippen LogP contribution in [0.1, 0.15) is 192 Å². The maximum absolute atomic E-state index is 12.7. The molecule has 3 saturated carbocycles. The van der Waals surface area contributed by atoms with Crippen molar-refractivity contribution < 1.29 is 13.2 Å². The smallest absolute Gasteiger partial charge is 0.212 e. The van der Waals surface area contributed by atoms with Crippen molar-refractivity contribution in [2.45, 2.75) is 194 Å². The molecule has 3 fully saturated rings. The van der Waals surface area contributed by atoms with Gasteiger partial charge in [-0.05, 0) is 109 Å². The molecule has 0 aromatic carbocycles. The summed E-state index contributed by atoms with van der Waals surface area (Å²) in [7, 11) is 0. The Morgan fingerprint density at radius 2 is 0.667 bits per heavy atom. The van der Waals surface area contributed by atoms with Gasteiger partial charge >= 0.3 is 0 Å². The first kappa shape index (κ1) is 46.9. The molecule has 0 unspecified atom stereocenters. The van der Waals surface area contributed by atoms with E-state index in [1.807, 2.05) is 18.2 Å². The van der Waals surface area contributed by atoms with Crippen LogP contribution in [-0.2, 0) is 19.3 Å². The highest BCUT2D eigenvalue weighted by Gasteiger charge is 2.22. The minimum Gasteiger partial charge on any atom is -0.228 e. The summed E-state index contributed by atoms with van der Waals surface area (Å²) < 4.78 is 38.1. The number of hydrogen-bond acceptors (Lipinski definition) is 3. The van der Waals surface area contributed by atoms with E-state index in [2.05, 4.69) is 35.7 Å². The molecule has 0 amide bonds. The second-order valence-corrected chi connectivity index (χ2v) is 18.2. The Morgan fingerprint density at radius 1 is 0.368 bits per heavy atom. The molecule has 3 aliphatic rings. The summed E-state index contributed by atoms with van der Waals surface area (Å²) in [6, 6.07) is 10.0. The second kappa shape index (κ2) is 27.8. The molecule has 0 spiro atoms. The van der Waals surface area contributed by atoms with Crippen molar-refractivity contribution in [1.82, 2.24) is 15.0 Å². The number of aryl methyl sites for hydroxylation is 3. The van der Waals surface area contributed by atoms with Gasteiger partial charge in [-0.3, -0.25) is 0 Å². The zero-order chi connectivity index (χ0) is 40.5. The zero-order valence-corrected chi connectivity index (χ0v) is 36.2. The maximum atomic E-state index is 12.7. The van der Waals surface area contributed by atoms with E-state index in [1.54, 1.807) is 18.6 Å².